The lowest BCUT2D eigenvalue weighted by atomic mass is 10.6. The van der Waals surface area contributed by atoms with Crippen molar-refractivity contribution in [3.8, 4) is 0 Å². The Morgan fingerprint density at radius 3 is 2.29 bits per heavy atom. The van der Waals surface area contributed by atoms with E-state index in [-0.39, 0.29) is 0 Å². The van der Waals surface area contributed by atoms with Crippen molar-refractivity contribution in [2.45, 2.75) is 0 Å². The Bertz CT molecular complexity index is 72.1. The van der Waals surface area contributed by atoms with Gasteiger partial charge in [0.15, 0.2) is 0 Å². The summed E-state index contributed by atoms with van der Waals surface area (Å²) in [7, 11) is 1.69. The van der Waals surface area contributed by atoms with Crippen molar-refractivity contribution < 1.29 is 4.84 Å². The molecule has 1 aliphatic heterocycles. The van der Waals surface area contributed by atoms with Crippen molar-refractivity contribution in [3.05, 3.63) is 12.2 Å². The highest BCUT2D eigenvalue weighted by Crippen LogP contribution is 1.95. The number of hydrogen-bond acceptors (Lipinski definition) is 2. The van der Waals surface area contributed by atoms with Gasteiger partial charge in [0.05, 0.1) is 7.11 Å². The van der Waals surface area contributed by atoms with E-state index in [0.29, 0.717) is 0 Å². The van der Waals surface area contributed by atoms with Crippen molar-refractivity contribution in [1.29, 1.82) is 0 Å². The van der Waals surface area contributed by atoms with Crippen LogP contribution in [-0.4, -0.2) is 25.3 Å². The third kappa shape index (κ3) is 1.01. The smallest absolute Gasteiger partial charge is 0.0575 e. The van der Waals surface area contributed by atoms with E-state index < -0.39 is 0 Å². The molecular weight excluding hydrogens is 90.1 g/mol. The molecule has 0 spiro atoms. The van der Waals surface area contributed by atoms with Gasteiger partial charge < -0.3 is 4.84 Å². The predicted molar refractivity (Wildman–Crippen MR) is 27.7 cm³/mol. The van der Waals surface area contributed by atoms with Crippen molar-refractivity contribution in [2.24, 2.45) is 0 Å². The van der Waals surface area contributed by atoms with E-state index in [1.165, 1.54) is 0 Å². The Morgan fingerprint density at radius 2 is 2.00 bits per heavy atom. The molecule has 0 N–H and O–H groups in total. The van der Waals surface area contributed by atoms with Gasteiger partial charge in [-0.15, -0.1) is 0 Å². The van der Waals surface area contributed by atoms with E-state index in [4.69, 9.17) is 4.84 Å². The first-order valence-corrected chi connectivity index (χ1v) is 2.37. The molecule has 0 atom stereocenters. The van der Waals surface area contributed by atoms with Crippen LogP contribution in [-0.2, 0) is 4.84 Å². The molecule has 2 heteroatoms. The zero-order valence-electron chi connectivity index (χ0n) is 4.42. The van der Waals surface area contributed by atoms with Crippen LogP contribution in [0.1, 0.15) is 0 Å². The molecule has 40 valence electrons. The Kier molecular flexibility index (Phi) is 1.44. The normalized spacial score (nSPS) is 21.3. The first kappa shape index (κ1) is 4.81. The predicted octanol–water partition coefficient (Wildman–Crippen LogP) is 0.420. The number of nitrogens with zero attached hydrogens (tertiary/aromatic N) is 1. The zero-order chi connectivity index (χ0) is 5.11. The molecule has 2 nitrogen and oxygen atoms in total. The summed E-state index contributed by atoms with van der Waals surface area (Å²) in [4.78, 5) is 4.88. The van der Waals surface area contributed by atoms with Gasteiger partial charge in [-0.1, -0.05) is 12.2 Å². The minimum atomic E-state index is 0.941. The first-order chi connectivity index (χ1) is 3.43. The van der Waals surface area contributed by atoms with Crippen LogP contribution in [0.3, 0.4) is 0 Å². The Hall–Kier alpha value is -0.340. The Morgan fingerprint density at radius 1 is 1.43 bits per heavy atom. The molecule has 1 rings (SSSR count). The van der Waals surface area contributed by atoms with Crippen LogP contribution in [0.15, 0.2) is 12.2 Å². The quantitative estimate of drug-likeness (QED) is 0.442. The van der Waals surface area contributed by atoms with Gasteiger partial charge in [-0.2, -0.15) is 5.06 Å². The zero-order valence-corrected chi connectivity index (χ0v) is 4.42. The summed E-state index contributed by atoms with van der Waals surface area (Å²) in [5, 5.41) is 1.88. The molecule has 0 unspecified atom stereocenters. The molecule has 7 heavy (non-hydrogen) atoms. The van der Waals surface area contributed by atoms with Gasteiger partial charge in [0.25, 0.3) is 0 Å². The van der Waals surface area contributed by atoms with Gasteiger partial charge in [0.1, 0.15) is 0 Å². The van der Waals surface area contributed by atoms with Crippen LogP contribution in [0.2, 0.25) is 0 Å². The van der Waals surface area contributed by atoms with Crippen LogP contribution >= 0.6 is 0 Å². The second kappa shape index (κ2) is 2.09. The monoisotopic (exact) mass is 99.1 g/mol. The third-order valence-electron chi connectivity index (χ3n) is 1.04. The van der Waals surface area contributed by atoms with E-state index in [9.17, 15) is 0 Å². The van der Waals surface area contributed by atoms with Gasteiger partial charge in [-0.25, -0.2) is 0 Å². The highest BCUT2D eigenvalue weighted by atomic mass is 16.7. The van der Waals surface area contributed by atoms with E-state index in [1.807, 2.05) is 5.06 Å². The molecule has 0 aliphatic carbocycles. The summed E-state index contributed by atoms with van der Waals surface area (Å²) in [5.41, 5.74) is 0. The molecule has 1 aliphatic rings. The molecule has 0 aromatic carbocycles. The minimum Gasteiger partial charge on any atom is -0.302 e. The minimum absolute atomic E-state index is 0.941. The maximum atomic E-state index is 4.88. The molecule has 1 heterocycles. The van der Waals surface area contributed by atoms with Crippen LogP contribution in [0.5, 0.6) is 0 Å². The molecule has 0 saturated carbocycles. The van der Waals surface area contributed by atoms with Gasteiger partial charge in [0.2, 0.25) is 0 Å². The lowest BCUT2D eigenvalue weighted by Gasteiger charge is -2.08. The van der Waals surface area contributed by atoms with Crippen molar-refractivity contribution in [3.63, 3.8) is 0 Å². The van der Waals surface area contributed by atoms with Crippen LogP contribution in [0, 0.1) is 0 Å². The summed E-state index contributed by atoms with van der Waals surface area (Å²) in [5.74, 6) is 0. The molecular formula is C5H9NO. The SMILES string of the molecule is CON1CC=CC1. The van der Waals surface area contributed by atoms with Crippen molar-refractivity contribution in [2.75, 3.05) is 20.2 Å². The third-order valence-corrected chi connectivity index (χ3v) is 1.04. The summed E-state index contributed by atoms with van der Waals surface area (Å²) in [6.45, 7) is 1.88. The largest absolute Gasteiger partial charge is 0.302 e. The van der Waals surface area contributed by atoms with E-state index in [2.05, 4.69) is 12.2 Å². The lowest BCUT2D eigenvalue weighted by Crippen LogP contribution is -2.17. The summed E-state index contributed by atoms with van der Waals surface area (Å²) >= 11 is 0. The second-order valence-corrected chi connectivity index (χ2v) is 1.50. The van der Waals surface area contributed by atoms with Gasteiger partial charge >= 0.3 is 0 Å². The van der Waals surface area contributed by atoms with Crippen LogP contribution < -0.4 is 0 Å². The summed E-state index contributed by atoms with van der Waals surface area (Å²) < 4.78 is 0. The Labute approximate surface area is 43.3 Å². The molecule has 0 aromatic heterocycles. The molecule has 0 radical (unpaired) electrons. The summed E-state index contributed by atoms with van der Waals surface area (Å²) in [6, 6.07) is 0. The average Bonchev–Trinajstić information content (AvgIpc) is 2.14. The average molecular weight is 99.1 g/mol. The van der Waals surface area contributed by atoms with Crippen LogP contribution in [0.4, 0.5) is 0 Å². The van der Waals surface area contributed by atoms with Gasteiger partial charge in [-0.3, -0.25) is 0 Å². The number of hydroxylamine groups is 2. The molecule has 0 saturated heterocycles. The van der Waals surface area contributed by atoms with E-state index in [1.54, 1.807) is 7.11 Å². The fraction of sp³-hybridized carbons (Fsp3) is 0.600. The standard InChI is InChI=1S/C5H9NO/c1-7-6-4-2-3-5-6/h2-3H,4-5H2,1H3. The van der Waals surface area contributed by atoms with Crippen molar-refractivity contribution >= 4 is 0 Å². The first-order valence-electron chi connectivity index (χ1n) is 2.37. The van der Waals surface area contributed by atoms with Crippen LogP contribution in [0.25, 0.3) is 0 Å². The van der Waals surface area contributed by atoms with Gasteiger partial charge in [0, 0.05) is 13.1 Å². The maximum Gasteiger partial charge on any atom is 0.0575 e. The summed E-state index contributed by atoms with van der Waals surface area (Å²) in [6.07, 6.45) is 4.17. The molecule has 0 amide bonds. The molecule has 0 aromatic rings. The Balaban J connectivity index is 2.22. The van der Waals surface area contributed by atoms with Crippen molar-refractivity contribution in [1.82, 2.24) is 5.06 Å². The van der Waals surface area contributed by atoms with Gasteiger partial charge in [-0.05, 0) is 0 Å². The number of rotatable bonds is 1. The second-order valence-electron chi connectivity index (χ2n) is 1.50. The van der Waals surface area contributed by atoms with E-state index >= 15 is 0 Å². The lowest BCUT2D eigenvalue weighted by molar-refractivity contribution is -0.107. The molecule has 0 bridgehead atoms. The highest BCUT2D eigenvalue weighted by molar-refractivity contribution is 4.92. The molecule has 0 fully saturated rings. The topological polar surface area (TPSA) is 12.5 Å². The fourth-order valence-electron chi connectivity index (χ4n) is 0.608. The highest BCUT2D eigenvalue weighted by Gasteiger charge is 2.01. The fourth-order valence-corrected chi connectivity index (χ4v) is 0.608. The van der Waals surface area contributed by atoms with E-state index in [0.717, 1.165) is 13.1 Å². The maximum absolute atomic E-state index is 4.88. The number of hydrogen-bond donors (Lipinski definition) is 0.